The Labute approximate surface area is 186 Å². The van der Waals surface area contributed by atoms with Gasteiger partial charge in [-0.3, -0.25) is 19.5 Å². The first-order chi connectivity index (χ1) is 14.4. The molecule has 0 saturated carbocycles. The van der Waals surface area contributed by atoms with Crippen molar-refractivity contribution in [3.63, 3.8) is 0 Å². The number of carbonyl (C=O) groups is 3. The first-order valence-electron chi connectivity index (χ1n) is 9.65. The molecule has 3 rings (SSSR count). The molecule has 3 atom stereocenters. The number of fused-ring (bicyclic) bond motifs is 1. The number of β-lactam (4-membered cyclic amide) rings is 1. The maximum absolute atomic E-state index is 12.5. The van der Waals surface area contributed by atoms with Crippen LogP contribution in [0.4, 0.5) is 0 Å². The quantitative estimate of drug-likeness (QED) is 0.196. The second-order valence-electron chi connectivity index (χ2n) is 7.29. The van der Waals surface area contributed by atoms with Gasteiger partial charge in [0.1, 0.15) is 16.8 Å². The normalized spacial score (nSPS) is 25.6. The molecule has 1 aromatic rings. The highest BCUT2D eigenvalue weighted by molar-refractivity contribution is 8.01. The lowest BCUT2D eigenvalue weighted by atomic mass is 9.89. The average molecular weight is 476 g/mol. The number of carboxylic acid groups (broad SMARTS) is 2. The molecule has 0 spiro atoms. The number of amides is 1. The number of unbranched alkanes of at least 4 members (excludes halogenated alkanes) is 2. The lowest BCUT2D eigenvalue weighted by Crippen LogP contribution is -2.73. The molecule has 0 aliphatic carbocycles. The lowest BCUT2D eigenvalue weighted by Gasteiger charge is -2.54. The number of aromatic amines is 1. The lowest BCUT2D eigenvalue weighted by molar-refractivity contribution is -0.156. The number of carbonyl (C=O) groups excluding carboxylic acids is 1. The largest absolute Gasteiger partial charge is 0.481 e. The molecule has 0 bridgehead atoms. The van der Waals surface area contributed by atoms with Crippen LogP contribution >= 0.6 is 35.3 Å². The van der Waals surface area contributed by atoms with Crippen LogP contribution < -0.4 is 5.32 Å². The van der Waals surface area contributed by atoms with Crippen molar-refractivity contribution in [2.45, 2.75) is 47.9 Å². The summed E-state index contributed by atoms with van der Waals surface area (Å²) in [5.74, 6) is -1.44. The van der Waals surface area contributed by atoms with Gasteiger partial charge in [0, 0.05) is 18.1 Å². The van der Waals surface area contributed by atoms with E-state index in [1.54, 1.807) is 4.90 Å². The van der Waals surface area contributed by atoms with Gasteiger partial charge in [-0.25, -0.2) is 0 Å². The summed E-state index contributed by atoms with van der Waals surface area (Å²) in [4.78, 5) is 41.1. The van der Waals surface area contributed by atoms with E-state index in [-0.39, 0.29) is 35.4 Å². The van der Waals surface area contributed by atoms with Crippen molar-refractivity contribution >= 4 is 53.1 Å². The maximum atomic E-state index is 12.5. The number of hydrogen-bond acceptors (Lipinski definition) is 9. The molecule has 3 heterocycles. The van der Waals surface area contributed by atoms with Gasteiger partial charge in [0.05, 0.1) is 5.75 Å². The van der Waals surface area contributed by atoms with E-state index in [4.69, 9.17) is 5.11 Å². The van der Waals surface area contributed by atoms with Crippen LogP contribution in [-0.4, -0.2) is 89.9 Å². The van der Waals surface area contributed by atoms with Crippen LogP contribution in [0.2, 0.25) is 0 Å². The molecule has 1 amide bonds. The van der Waals surface area contributed by atoms with Crippen molar-refractivity contribution in [1.82, 2.24) is 25.4 Å². The monoisotopic (exact) mass is 475 g/mol. The fourth-order valence-corrected chi connectivity index (χ4v) is 6.55. The standard InChI is InChI=1S/C17H25N5O5S3/c1-2-3-4-5-18-11-12(25)22-7-17(14(26)27,8-29-13(11)22)9-30-16-19-15(20-21-16)28-6-10(23)24/h11,13,18H,2-9H2,1H3,(H,23,24)(H,26,27)(H,19,20,21)/t11?,13-,17?/m1/s1. The minimum atomic E-state index is -1.07. The van der Waals surface area contributed by atoms with Gasteiger partial charge in [-0.1, -0.05) is 43.3 Å². The third kappa shape index (κ3) is 5.24. The van der Waals surface area contributed by atoms with E-state index >= 15 is 0 Å². The third-order valence-electron chi connectivity index (χ3n) is 5.00. The topological polar surface area (TPSA) is 149 Å². The molecule has 1 aromatic heterocycles. The average Bonchev–Trinajstić information content (AvgIpc) is 3.18. The molecule has 10 nitrogen and oxygen atoms in total. The Kier molecular flexibility index (Phi) is 7.93. The number of nitrogens with zero attached hydrogens (tertiary/aromatic N) is 3. The highest BCUT2D eigenvalue weighted by Crippen LogP contribution is 2.44. The van der Waals surface area contributed by atoms with Crippen LogP contribution in [0.15, 0.2) is 10.3 Å². The summed E-state index contributed by atoms with van der Waals surface area (Å²) in [7, 11) is 0. The molecule has 30 heavy (non-hydrogen) atoms. The van der Waals surface area contributed by atoms with Crippen molar-refractivity contribution in [2.75, 3.05) is 30.3 Å². The molecule has 4 N–H and O–H groups in total. The van der Waals surface area contributed by atoms with Gasteiger partial charge in [-0.15, -0.1) is 16.9 Å². The number of aromatic nitrogens is 3. The van der Waals surface area contributed by atoms with Gasteiger partial charge in [0.25, 0.3) is 0 Å². The van der Waals surface area contributed by atoms with Gasteiger partial charge in [-0.05, 0) is 13.0 Å². The van der Waals surface area contributed by atoms with E-state index < -0.39 is 17.4 Å². The van der Waals surface area contributed by atoms with Crippen LogP contribution in [-0.2, 0) is 14.4 Å². The van der Waals surface area contributed by atoms with Gasteiger partial charge in [0.2, 0.25) is 11.1 Å². The summed E-state index contributed by atoms with van der Waals surface area (Å²) in [6.07, 6.45) is 3.26. The molecule has 2 aliphatic heterocycles. The zero-order valence-corrected chi connectivity index (χ0v) is 18.9. The molecule has 2 fully saturated rings. The number of thioether (sulfide) groups is 3. The number of H-pyrrole nitrogens is 1. The maximum Gasteiger partial charge on any atom is 0.313 e. The van der Waals surface area contributed by atoms with Crippen molar-refractivity contribution in [3.8, 4) is 0 Å². The van der Waals surface area contributed by atoms with Gasteiger partial charge in [-0.2, -0.15) is 4.98 Å². The fraction of sp³-hybridized carbons (Fsp3) is 0.706. The Morgan fingerprint density at radius 2 is 2.17 bits per heavy atom. The van der Waals surface area contributed by atoms with Crippen LogP contribution in [0.1, 0.15) is 26.2 Å². The van der Waals surface area contributed by atoms with Gasteiger partial charge < -0.3 is 20.4 Å². The summed E-state index contributed by atoms with van der Waals surface area (Å²) in [5.41, 5.74) is -1.07. The molecule has 13 heteroatoms. The zero-order chi connectivity index (χ0) is 21.7. The molecular formula is C17H25N5O5S3. The van der Waals surface area contributed by atoms with Crippen LogP contribution in [0.5, 0.6) is 0 Å². The van der Waals surface area contributed by atoms with Crippen molar-refractivity contribution in [3.05, 3.63) is 0 Å². The smallest absolute Gasteiger partial charge is 0.313 e. The van der Waals surface area contributed by atoms with Crippen molar-refractivity contribution < 1.29 is 24.6 Å². The highest BCUT2D eigenvalue weighted by Gasteiger charge is 2.56. The molecule has 166 valence electrons. The minimum absolute atomic E-state index is 0.0131. The molecule has 0 radical (unpaired) electrons. The van der Waals surface area contributed by atoms with Crippen LogP contribution in [0, 0.1) is 5.41 Å². The van der Waals surface area contributed by atoms with E-state index in [2.05, 4.69) is 27.4 Å². The predicted octanol–water partition coefficient (Wildman–Crippen LogP) is 1.21. The number of nitrogens with one attached hydrogen (secondary N) is 2. The van der Waals surface area contributed by atoms with Crippen molar-refractivity contribution in [2.24, 2.45) is 5.41 Å². The summed E-state index contributed by atoms with van der Waals surface area (Å²) in [6, 6.07) is -0.227. The van der Waals surface area contributed by atoms with E-state index in [1.165, 1.54) is 23.5 Å². The first kappa shape index (κ1) is 23.2. The predicted molar refractivity (Wildman–Crippen MR) is 115 cm³/mol. The van der Waals surface area contributed by atoms with Crippen LogP contribution in [0.25, 0.3) is 0 Å². The Balaban J connectivity index is 1.55. The van der Waals surface area contributed by atoms with E-state index in [0.717, 1.165) is 37.6 Å². The Bertz CT molecular complexity index is 794. The molecular weight excluding hydrogens is 450 g/mol. The number of carboxylic acids is 2. The Hall–Kier alpha value is -1.44. The molecule has 2 saturated heterocycles. The van der Waals surface area contributed by atoms with Gasteiger partial charge in [0.15, 0.2) is 5.16 Å². The van der Waals surface area contributed by atoms with E-state index in [1.807, 2.05) is 0 Å². The van der Waals surface area contributed by atoms with Gasteiger partial charge >= 0.3 is 11.9 Å². The Morgan fingerprint density at radius 1 is 1.37 bits per heavy atom. The van der Waals surface area contributed by atoms with Crippen LogP contribution in [0.3, 0.4) is 0 Å². The first-order valence-corrected chi connectivity index (χ1v) is 12.7. The van der Waals surface area contributed by atoms with Crippen molar-refractivity contribution in [1.29, 1.82) is 0 Å². The molecule has 2 aliphatic rings. The minimum Gasteiger partial charge on any atom is -0.481 e. The number of hydrogen-bond donors (Lipinski definition) is 4. The summed E-state index contributed by atoms with van der Waals surface area (Å²) in [5, 5.41) is 29.3. The second kappa shape index (κ2) is 10.2. The third-order valence-corrected chi connectivity index (χ3v) is 8.57. The Morgan fingerprint density at radius 3 is 2.87 bits per heavy atom. The number of aliphatic carboxylic acids is 2. The molecule has 2 unspecified atom stereocenters. The summed E-state index contributed by atoms with van der Waals surface area (Å²) in [6.45, 7) is 3.10. The van der Waals surface area contributed by atoms with E-state index in [9.17, 15) is 19.5 Å². The summed E-state index contributed by atoms with van der Waals surface area (Å²) >= 11 is 3.72. The zero-order valence-electron chi connectivity index (χ0n) is 16.5. The molecule has 0 aromatic carbocycles. The highest BCUT2D eigenvalue weighted by atomic mass is 32.2. The van der Waals surface area contributed by atoms with E-state index in [0.29, 0.717) is 16.1 Å². The fourth-order valence-electron chi connectivity index (χ4n) is 3.29. The number of rotatable bonds is 12. The second-order valence-corrected chi connectivity index (χ2v) is 10.3. The SMILES string of the molecule is CCCCCNC1C(=O)N2CC(CSc3nc(SCC(=O)O)n[nH]3)(C(=O)O)CS[C@H]12. The summed E-state index contributed by atoms with van der Waals surface area (Å²) < 4.78 is 0.